The van der Waals surface area contributed by atoms with Gasteiger partial charge in [-0.2, -0.15) is 5.10 Å². The molecule has 0 radical (unpaired) electrons. The molecule has 0 atom stereocenters. The first-order valence-corrected chi connectivity index (χ1v) is 9.91. The van der Waals surface area contributed by atoms with Crippen LogP contribution in [-0.4, -0.2) is 19.2 Å². The van der Waals surface area contributed by atoms with Gasteiger partial charge in [-0.05, 0) is 53.1 Å². The van der Waals surface area contributed by atoms with Gasteiger partial charge in [0.15, 0.2) is 0 Å². The third-order valence-corrected chi connectivity index (χ3v) is 4.86. The summed E-state index contributed by atoms with van der Waals surface area (Å²) in [6.07, 6.45) is 1.60. The second-order valence-electron chi connectivity index (χ2n) is 6.39. The van der Waals surface area contributed by atoms with Crippen LogP contribution in [0.4, 0.5) is 0 Å². The highest BCUT2D eigenvalue weighted by Gasteiger charge is 2.08. The van der Waals surface area contributed by atoms with Crippen LogP contribution in [0.2, 0.25) is 10.0 Å². The maximum Gasteiger partial charge on any atom is 0.244 e. The average Bonchev–Trinajstić information content (AvgIpc) is 2.75. The lowest BCUT2D eigenvalue weighted by molar-refractivity contribution is -0.120. The third-order valence-electron chi connectivity index (χ3n) is 4.20. The number of hydrogen-bond donors (Lipinski definition) is 1. The summed E-state index contributed by atoms with van der Waals surface area (Å²) in [7, 11) is 1.56. The molecule has 0 fully saturated rings. The number of benzene rings is 3. The van der Waals surface area contributed by atoms with Crippen molar-refractivity contribution < 1.29 is 14.3 Å². The molecule has 1 amide bonds. The van der Waals surface area contributed by atoms with E-state index in [4.69, 9.17) is 32.7 Å². The molecule has 0 bridgehead atoms. The largest absolute Gasteiger partial charge is 0.497 e. The van der Waals surface area contributed by atoms with Crippen LogP contribution in [0.3, 0.4) is 0 Å². The van der Waals surface area contributed by atoms with Gasteiger partial charge in [-0.15, -0.1) is 0 Å². The number of halogens is 2. The van der Waals surface area contributed by atoms with Crippen molar-refractivity contribution in [2.24, 2.45) is 5.10 Å². The summed E-state index contributed by atoms with van der Waals surface area (Å²) in [5, 5.41) is 4.93. The zero-order valence-corrected chi connectivity index (χ0v) is 17.8. The Kier molecular flexibility index (Phi) is 7.71. The molecular weight excluding hydrogens is 423 g/mol. The first kappa shape index (κ1) is 21.7. The SMILES string of the molecule is COc1ccc(Cl)c(CC(=O)N/N=C/c2ccc(OCc3ccccc3)c(Cl)c2)c1. The third kappa shape index (κ3) is 6.24. The normalized spacial score (nSPS) is 10.8. The van der Waals surface area contributed by atoms with Crippen molar-refractivity contribution in [3.8, 4) is 11.5 Å². The molecule has 0 unspecified atom stereocenters. The molecule has 5 nitrogen and oxygen atoms in total. The van der Waals surface area contributed by atoms with Gasteiger partial charge in [0, 0.05) is 5.02 Å². The van der Waals surface area contributed by atoms with E-state index in [1.807, 2.05) is 30.3 Å². The highest BCUT2D eigenvalue weighted by Crippen LogP contribution is 2.26. The molecule has 3 rings (SSSR count). The number of nitrogens with zero attached hydrogens (tertiary/aromatic N) is 1. The van der Waals surface area contributed by atoms with Crippen LogP contribution >= 0.6 is 23.2 Å². The van der Waals surface area contributed by atoms with E-state index >= 15 is 0 Å². The molecule has 0 saturated heterocycles. The van der Waals surface area contributed by atoms with Gasteiger partial charge in [0.1, 0.15) is 18.1 Å². The van der Waals surface area contributed by atoms with Crippen molar-refractivity contribution in [3.05, 3.63) is 93.5 Å². The molecule has 0 aromatic heterocycles. The maximum absolute atomic E-state index is 12.1. The Hall–Kier alpha value is -3.02. The van der Waals surface area contributed by atoms with Crippen molar-refractivity contribution in [3.63, 3.8) is 0 Å². The Morgan fingerprint density at radius 2 is 1.83 bits per heavy atom. The maximum atomic E-state index is 12.1. The van der Waals surface area contributed by atoms with E-state index in [0.29, 0.717) is 33.7 Å². The molecule has 0 spiro atoms. The first-order chi connectivity index (χ1) is 14.5. The summed E-state index contributed by atoms with van der Waals surface area (Å²) in [6, 6.07) is 20.3. The molecule has 0 heterocycles. The van der Waals surface area contributed by atoms with Gasteiger partial charge < -0.3 is 9.47 Å². The lowest BCUT2D eigenvalue weighted by Crippen LogP contribution is -2.20. The lowest BCUT2D eigenvalue weighted by atomic mass is 10.1. The fourth-order valence-corrected chi connectivity index (χ4v) is 3.08. The minimum Gasteiger partial charge on any atom is -0.497 e. The summed E-state index contributed by atoms with van der Waals surface area (Å²) in [6.45, 7) is 0.427. The number of nitrogens with one attached hydrogen (secondary N) is 1. The van der Waals surface area contributed by atoms with Gasteiger partial charge in [0.2, 0.25) is 5.91 Å². The van der Waals surface area contributed by atoms with Gasteiger partial charge in [0.05, 0.1) is 24.8 Å². The van der Waals surface area contributed by atoms with Crippen molar-refractivity contribution in [1.82, 2.24) is 5.43 Å². The zero-order chi connectivity index (χ0) is 21.3. The zero-order valence-electron chi connectivity index (χ0n) is 16.3. The number of hydrazone groups is 1. The van der Waals surface area contributed by atoms with Gasteiger partial charge in [0.25, 0.3) is 0 Å². The van der Waals surface area contributed by atoms with Crippen LogP contribution in [0, 0.1) is 0 Å². The van der Waals surface area contributed by atoms with Crippen molar-refractivity contribution >= 4 is 35.3 Å². The Morgan fingerprint density at radius 1 is 1.03 bits per heavy atom. The number of carbonyl (C=O) groups is 1. The molecule has 1 N–H and O–H groups in total. The predicted molar refractivity (Wildman–Crippen MR) is 120 cm³/mol. The quantitative estimate of drug-likeness (QED) is 0.381. The minimum absolute atomic E-state index is 0.0837. The molecule has 0 saturated carbocycles. The molecule has 0 aliphatic heterocycles. The summed E-state index contributed by atoms with van der Waals surface area (Å²) in [5.41, 5.74) is 4.92. The Bertz CT molecular complexity index is 1040. The fourth-order valence-electron chi connectivity index (χ4n) is 2.65. The second kappa shape index (κ2) is 10.7. The van der Waals surface area contributed by atoms with Gasteiger partial charge in [-0.25, -0.2) is 5.43 Å². The number of rotatable bonds is 8. The molecule has 7 heteroatoms. The first-order valence-electron chi connectivity index (χ1n) is 9.16. The summed E-state index contributed by atoms with van der Waals surface area (Å²) in [4.78, 5) is 12.1. The van der Waals surface area contributed by atoms with Gasteiger partial charge in [-0.3, -0.25) is 4.79 Å². The molecule has 30 heavy (non-hydrogen) atoms. The molecular formula is C23H20Cl2N2O3. The Morgan fingerprint density at radius 3 is 2.57 bits per heavy atom. The molecule has 0 aliphatic carbocycles. The van der Waals surface area contributed by atoms with E-state index in [1.54, 1.807) is 43.5 Å². The minimum atomic E-state index is -0.296. The molecule has 154 valence electrons. The van der Waals surface area contributed by atoms with Crippen LogP contribution in [0.1, 0.15) is 16.7 Å². The average molecular weight is 443 g/mol. The molecule has 3 aromatic carbocycles. The number of hydrogen-bond acceptors (Lipinski definition) is 4. The van der Waals surface area contributed by atoms with E-state index in [1.165, 1.54) is 6.21 Å². The summed E-state index contributed by atoms with van der Waals surface area (Å²) < 4.78 is 10.9. The van der Waals surface area contributed by atoms with E-state index < -0.39 is 0 Å². The Balaban J connectivity index is 1.54. The van der Waals surface area contributed by atoms with Crippen LogP contribution < -0.4 is 14.9 Å². The highest BCUT2D eigenvalue weighted by atomic mass is 35.5. The summed E-state index contributed by atoms with van der Waals surface area (Å²) in [5.74, 6) is 0.916. The van der Waals surface area contributed by atoms with E-state index in [9.17, 15) is 4.79 Å². The van der Waals surface area contributed by atoms with Crippen LogP contribution in [0.15, 0.2) is 71.8 Å². The number of amides is 1. The second-order valence-corrected chi connectivity index (χ2v) is 7.21. The number of methoxy groups -OCH3 is 1. The predicted octanol–water partition coefficient (Wildman–Crippen LogP) is 5.27. The van der Waals surface area contributed by atoms with Crippen LogP contribution in [0.5, 0.6) is 11.5 Å². The standard InChI is InChI=1S/C23H20Cl2N2O3/c1-29-19-8-9-20(24)18(12-19)13-23(28)27-26-14-17-7-10-22(21(25)11-17)30-15-16-5-3-2-4-6-16/h2-12,14H,13,15H2,1H3,(H,27,28)/b26-14+. The van der Waals surface area contributed by atoms with E-state index in [0.717, 1.165) is 11.1 Å². The van der Waals surface area contributed by atoms with Crippen molar-refractivity contribution in [1.29, 1.82) is 0 Å². The Labute approximate surface area is 185 Å². The highest BCUT2D eigenvalue weighted by molar-refractivity contribution is 6.32. The van der Waals surface area contributed by atoms with E-state index in [2.05, 4.69) is 10.5 Å². The van der Waals surface area contributed by atoms with Crippen molar-refractivity contribution in [2.45, 2.75) is 13.0 Å². The number of ether oxygens (including phenoxy) is 2. The lowest BCUT2D eigenvalue weighted by Gasteiger charge is -2.08. The smallest absolute Gasteiger partial charge is 0.244 e. The van der Waals surface area contributed by atoms with Crippen LogP contribution in [0.25, 0.3) is 0 Å². The topological polar surface area (TPSA) is 59.9 Å². The van der Waals surface area contributed by atoms with E-state index in [-0.39, 0.29) is 12.3 Å². The van der Waals surface area contributed by atoms with Gasteiger partial charge in [-0.1, -0.05) is 53.5 Å². The fraction of sp³-hybridized carbons (Fsp3) is 0.130. The van der Waals surface area contributed by atoms with Crippen molar-refractivity contribution in [2.75, 3.05) is 7.11 Å². The van der Waals surface area contributed by atoms with Gasteiger partial charge >= 0.3 is 0 Å². The number of carbonyl (C=O) groups excluding carboxylic acids is 1. The monoisotopic (exact) mass is 442 g/mol. The molecule has 0 aliphatic rings. The summed E-state index contributed by atoms with van der Waals surface area (Å²) >= 11 is 12.4. The van der Waals surface area contributed by atoms with Crippen LogP contribution in [-0.2, 0) is 17.8 Å². The molecule has 3 aromatic rings.